The zero-order chi connectivity index (χ0) is 76.8. The van der Waals surface area contributed by atoms with Crippen molar-refractivity contribution < 1.29 is 48.1 Å². The summed E-state index contributed by atoms with van der Waals surface area (Å²) in [6.07, 6.45) is 9.56. The Morgan fingerprint density at radius 1 is 0.407 bits per heavy atom. The normalized spacial score (nSPS) is 11.7. The third kappa shape index (κ3) is 20.8. The van der Waals surface area contributed by atoms with Gasteiger partial charge in [0.25, 0.3) is 17.7 Å². The molecule has 0 spiro atoms. The van der Waals surface area contributed by atoms with E-state index in [1.165, 1.54) is 79.1 Å². The molecule has 4 aromatic heterocycles. The minimum absolute atomic E-state index is 0.0670. The summed E-state index contributed by atoms with van der Waals surface area (Å²) in [4.78, 5) is 74.3. The standard InChI is InChI=1S/C26H21ClN6O3S.C25H24ClN5O3S.C24H21ClN4O5S2/c27-22-10-7-18(13-21(22)25-15-29-23-3-1-2-4-24(23)33-25)32-26(34)17-5-8-20(9-6-17)37(35,36)31-12-11-19-14-28-16-30-19;1-31(2)14-13-28-35(33,34)19-10-7-17(8-11-19)25(32)29-18-9-12-21(26)20(15-18)24-16-27-22-5-3-4-6-23(22)30-24;1-35(31,32)13-12-27-36(33,34)18-9-6-16(7-10-18)24(30)28-17-8-11-20(25)19(14-17)23-15-26-21-4-2-3-5-22(21)29-23/h1-10,13-16,31H,11-12H2,(H,28,30)(H,32,34);3-12,15-16,28H,13-14H2,1-2H3,(H,29,32);2-11,14-15,27H,12-13H2,1H3,(H,28,30). The molecule has 33 heteroatoms. The van der Waals surface area contributed by atoms with Gasteiger partial charge in [-0.1, -0.05) is 71.2 Å². The summed E-state index contributed by atoms with van der Waals surface area (Å²) in [5.74, 6) is -1.55. The van der Waals surface area contributed by atoms with Crippen LogP contribution in [-0.4, -0.2) is 148 Å². The van der Waals surface area contributed by atoms with Crippen LogP contribution in [0.25, 0.3) is 66.9 Å². The van der Waals surface area contributed by atoms with Crippen LogP contribution in [0.1, 0.15) is 36.8 Å². The molecule has 0 bridgehead atoms. The molecule has 0 aliphatic heterocycles. The van der Waals surface area contributed by atoms with Crippen molar-refractivity contribution in [3.8, 4) is 33.8 Å². The molecule has 7 N–H and O–H groups in total. The largest absolute Gasteiger partial charge is 0.348 e. The highest BCUT2D eigenvalue weighted by atomic mass is 35.5. The van der Waals surface area contributed by atoms with Gasteiger partial charge in [0, 0.05) is 101 Å². The number of aromatic amines is 1. The second-order valence-corrected chi connectivity index (χ2v) is 33.0. The molecule has 0 fully saturated rings. The van der Waals surface area contributed by atoms with Crippen molar-refractivity contribution in [3.05, 3.63) is 269 Å². The number of fused-ring (bicyclic) bond motifs is 3. The average molecular weight is 1590 g/mol. The van der Waals surface area contributed by atoms with Gasteiger partial charge < -0.3 is 25.8 Å². The Hall–Kier alpha value is -10.9. The first-order valence-corrected chi connectivity index (χ1v) is 40.4. The van der Waals surface area contributed by atoms with Gasteiger partial charge in [-0.3, -0.25) is 29.3 Å². The predicted molar refractivity (Wildman–Crippen MR) is 419 cm³/mol. The fourth-order valence-corrected chi connectivity index (χ4v) is 14.7. The molecule has 26 nitrogen and oxygen atoms in total. The average Bonchev–Trinajstić information content (AvgIpc) is 0.940. The predicted octanol–water partition coefficient (Wildman–Crippen LogP) is 12.0. The molecule has 0 saturated heterocycles. The van der Waals surface area contributed by atoms with Crippen molar-refractivity contribution in [2.45, 2.75) is 21.1 Å². The fraction of sp³-hybridized carbons (Fsp3) is 0.120. The quantitative estimate of drug-likeness (QED) is 0.0295. The summed E-state index contributed by atoms with van der Waals surface area (Å²) in [6.45, 7) is 0.836. The van der Waals surface area contributed by atoms with Crippen molar-refractivity contribution in [3.63, 3.8) is 0 Å². The number of nitrogens with one attached hydrogen (secondary N) is 7. The molecule has 552 valence electrons. The zero-order valence-corrected chi connectivity index (χ0v) is 63.1. The molecule has 4 heterocycles. The van der Waals surface area contributed by atoms with Crippen LogP contribution in [0, 0.1) is 0 Å². The number of sulfone groups is 1. The molecular formula is C75H66Cl3N15O11S4. The molecule has 0 unspecified atom stereocenters. The van der Waals surface area contributed by atoms with Gasteiger partial charge in [-0.25, -0.2) is 67.8 Å². The zero-order valence-electron chi connectivity index (χ0n) is 57.5. The van der Waals surface area contributed by atoms with Gasteiger partial charge in [-0.15, -0.1) is 0 Å². The molecule has 13 rings (SSSR count). The van der Waals surface area contributed by atoms with Gasteiger partial charge in [-0.05, 0) is 178 Å². The molecule has 0 atom stereocenters. The lowest BCUT2D eigenvalue weighted by molar-refractivity contribution is 0.101. The van der Waals surface area contributed by atoms with E-state index in [1.54, 1.807) is 79.4 Å². The van der Waals surface area contributed by atoms with E-state index in [9.17, 15) is 48.1 Å². The lowest BCUT2D eigenvalue weighted by Gasteiger charge is -2.12. The maximum Gasteiger partial charge on any atom is 0.255 e. The maximum absolute atomic E-state index is 12.8. The number of aromatic nitrogens is 8. The van der Waals surface area contributed by atoms with Crippen molar-refractivity contribution in [1.29, 1.82) is 0 Å². The number of likely N-dealkylation sites (N-methyl/N-ethyl adjacent to an activating group) is 1. The smallest absolute Gasteiger partial charge is 0.255 e. The van der Waals surface area contributed by atoms with E-state index in [0.29, 0.717) is 95.5 Å². The number of imidazole rings is 1. The number of amides is 3. The summed E-state index contributed by atoms with van der Waals surface area (Å²) >= 11 is 19.2. The van der Waals surface area contributed by atoms with E-state index in [-0.39, 0.29) is 51.5 Å². The first kappa shape index (κ1) is 78.2. The van der Waals surface area contributed by atoms with Crippen molar-refractivity contribution in [2.75, 3.05) is 68.2 Å². The number of sulfonamides is 3. The minimum atomic E-state index is -3.91. The van der Waals surface area contributed by atoms with Crippen LogP contribution in [0.5, 0.6) is 0 Å². The number of carbonyl (C=O) groups is 3. The Bertz CT molecular complexity index is 5960. The Morgan fingerprint density at radius 2 is 0.731 bits per heavy atom. The van der Waals surface area contributed by atoms with Crippen LogP contribution in [-0.2, 0) is 46.3 Å². The summed E-state index contributed by atoms with van der Waals surface area (Å²) in [5.41, 5.74) is 11.2. The summed E-state index contributed by atoms with van der Waals surface area (Å²) < 4.78 is 104. The fourth-order valence-electron chi connectivity index (χ4n) is 10.4. The van der Waals surface area contributed by atoms with Crippen molar-refractivity contribution in [2.24, 2.45) is 0 Å². The highest BCUT2D eigenvalue weighted by Gasteiger charge is 2.21. The highest BCUT2D eigenvalue weighted by molar-refractivity contribution is 7.91. The minimum Gasteiger partial charge on any atom is -0.348 e. The molecule has 13 aromatic rings. The number of carbonyl (C=O) groups excluding carboxylic acids is 3. The summed E-state index contributed by atoms with van der Waals surface area (Å²) in [6, 6.07) is 54.4. The lowest BCUT2D eigenvalue weighted by Crippen LogP contribution is -2.31. The Labute approximate surface area is 636 Å². The van der Waals surface area contributed by atoms with Crippen LogP contribution in [0.3, 0.4) is 0 Å². The van der Waals surface area contributed by atoms with Crippen molar-refractivity contribution in [1.82, 2.24) is 58.9 Å². The van der Waals surface area contributed by atoms with E-state index in [2.05, 4.69) is 70.0 Å². The SMILES string of the molecule is CN(C)CCNS(=O)(=O)c1ccc(C(=O)Nc2ccc(Cl)c(-c3cnc4ccccc4n3)c2)cc1.CS(=O)(=O)CCNS(=O)(=O)c1ccc(C(=O)Nc2ccc(Cl)c(-c3cnc4ccccc4n3)c2)cc1.O=C(Nc1ccc(Cl)c(-c2cnc3ccccc3n2)c1)c1ccc(S(=O)(=O)NCCc2cnc[nH]2)cc1. The Balaban J connectivity index is 0.000000161. The van der Waals surface area contributed by atoms with Crippen LogP contribution in [0.4, 0.5) is 17.1 Å². The lowest BCUT2D eigenvalue weighted by atomic mass is 10.1. The van der Waals surface area contributed by atoms with E-state index < -0.39 is 51.7 Å². The van der Waals surface area contributed by atoms with Gasteiger partial charge in [0.05, 0.1) is 111 Å². The van der Waals surface area contributed by atoms with E-state index in [0.717, 1.165) is 39.5 Å². The van der Waals surface area contributed by atoms with Crippen LogP contribution in [0.15, 0.2) is 246 Å². The second-order valence-electron chi connectivity index (χ2n) is 24.2. The van der Waals surface area contributed by atoms with E-state index in [1.807, 2.05) is 91.8 Å². The molecule has 3 amide bonds. The van der Waals surface area contributed by atoms with Gasteiger partial charge in [0.1, 0.15) is 9.84 Å². The molecule has 9 aromatic carbocycles. The van der Waals surface area contributed by atoms with Crippen molar-refractivity contribution >= 4 is 143 Å². The summed E-state index contributed by atoms with van der Waals surface area (Å²) in [7, 11) is -10.9. The molecule has 0 aliphatic rings. The maximum atomic E-state index is 12.8. The van der Waals surface area contributed by atoms with Gasteiger partial charge in [0.15, 0.2) is 0 Å². The molecule has 108 heavy (non-hydrogen) atoms. The third-order valence-electron chi connectivity index (χ3n) is 16.0. The van der Waals surface area contributed by atoms with Crippen LogP contribution < -0.4 is 30.1 Å². The topological polar surface area (TPSA) is 369 Å². The summed E-state index contributed by atoms with van der Waals surface area (Å²) in [5, 5.41) is 9.79. The van der Waals surface area contributed by atoms with Crippen LogP contribution >= 0.6 is 34.8 Å². The van der Waals surface area contributed by atoms with Crippen LogP contribution in [0.2, 0.25) is 15.1 Å². The molecule has 0 radical (unpaired) electrons. The first-order chi connectivity index (χ1) is 51.6. The van der Waals surface area contributed by atoms with Gasteiger partial charge >= 0.3 is 0 Å². The number of hydrogen-bond donors (Lipinski definition) is 7. The Morgan fingerprint density at radius 3 is 1.05 bits per heavy atom. The number of hydrogen-bond acceptors (Lipinski definition) is 19. The number of H-pyrrole nitrogens is 1. The molecular weight excluding hydrogens is 1520 g/mol. The molecule has 0 aliphatic carbocycles. The highest BCUT2D eigenvalue weighted by Crippen LogP contribution is 2.34. The number of para-hydroxylation sites is 6. The number of halogens is 3. The first-order valence-electron chi connectivity index (χ1n) is 32.7. The van der Waals surface area contributed by atoms with Gasteiger partial charge in [0.2, 0.25) is 30.1 Å². The molecule has 0 saturated carbocycles. The second kappa shape index (κ2) is 34.8. The monoisotopic (exact) mass is 1590 g/mol. The number of rotatable bonds is 24. The number of nitrogens with zero attached hydrogens (tertiary/aromatic N) is 8. The number of benzene rings is 9. The number of anilines is 3. The van der Waals surface area contributed by atoms with Gasteiger partial charge in [-0.2, -0.15) is 0 Å². The third-order valence-corrected chi connectivity index (χ3v) is 22.3. The Kier molecular flexibility index (Phi) is 25.2. The van der Waals surface area contributed by atoms with E-state index >= 15 is 0 Å². The van der Waals surface area contributed by atoms with E-state index in [4.69, 9.17) is 34.8 Å².